The maximum absolute atomic E-state index is 8.70. The summed E-state index contributed by atoms with van der Waals surface area (Å²) in [4.78, 5) is 1.10. The fraction of sp³-hybridized carbons (Fsp3) is 0. The quantitative estimate of drug-likeness (QED) is 0.755. The predicted molar refractivity (Wildman–Crippen MR) is 61.3 cm³/mol. The minimum Gasteiger partial charge on any atom is -0.347 e. The first-order chi connectivity index (χ1) is 7.35. The number of thioether (sulfide) groups is 1. The van der Waals surface area contributed by atoms with Crippen molar-refractivity contribution in [1.82, 2.24) is 5.32 Å². The van der Waals surface area contributed by atoms with E-state index in [9.17, 15) is 0 Å². The van der Waals surface area contributed by atoms with E-state index in [1.165, 1.54) is 11.8 Å². The van der Waals surface area contributed by atoms with Gasteiger partial charge in [0, 0.05) is 5.41 Å². The summed E-state index contributed by atoms with van der Waals surface area (Å²) in [6.07, 6.45) is 0. The normalized spacial score (nSPS) is 13.7. The Morgan fingerprint density at radius 1 is 1.33 bits per heavy atom. The summed E-state index contributed by atoms with van der Waals surface area (Å²) in [5.74, 6) is 0. The zero-order chi connectivity index (χ0) is 10.7. The van der Waals surface area contributed by atoms with Crippen LogP contribution in [0.15, 0.2) is 33.5 Å². The van der Waals surface area contributed by atoms with Crippen molar-refractivity contribution in [3.05, 3.63) is 38.4 Å². The van der Waals surface area contributed by atoms with E-state index in [2.05, 4.69) is 5.32 Å². The second-order valence-corrected chi connectivity index (χ2v) is 4.51. The lowest BCUT2D eigenvalue weighted by Gasteiger charge is -2.01. The van der Waals surface area contributed by atoms with Crippen LogP contribution >= 0.6 is 23.1 Å². The van der Waals surface area contributed by atoms with Gasteiger partial charge in [-0.25, -0.2) is 0 Å². The van der Waals surface area contributed by atoms with Gasteiger partial charge in [0.1, 0.15) is 17.2 Å². The summed E-state index contributed by atoms with van der Waals surface area (Å²) >= 11 is 2.99. The molecular formula is C10H5N3S2. The van der Waals surface area contributed by atoms with Crippen molar-refractivity contribution in [3.63, 3.8) is 0 Å². The Bertz CT molecular complexity index is 496. The lowest BCUT2D eigenvalue weighted by molar-refractivity contribution is 1.20. The van der Waals surface area contributed by atoms with Crippen molar-refractivity contribution in [2.45, 2.75) is 0 Å². The molecule has 1 aliphatic heterocycles. The summed E-state index contributed by atoms with van der Waals surface area (Å²) in [5, 5.41) is 25.0. The molecule has 5 heteroatoms. The fourth-order valence-corrected chi connectivity index (χ4v) is 2.67. The molecule has 15 heavy (non-hydrogen) atoms. The van der Waals surface area contributed by atoms with E-state index in [0.29, 0.717) is 5.03 Å². The number of hydrogen-bond donors (Lipinski definition) is 1. The van der Waals surface area contributed by atoms with Crippen molar-refractivity contribution in [1.29, 1.82) is 10.5 Å². The molecule has 0 amide bonds. The van der Waals surface area contributed by atoms with Gasteiger partial charge in [-0.2, -0.15) is 10.5 Å². The smallest absolute Gasteiger partial charge is 0.160 e. The Labute approximate surface area is 95.3 Å². The minimum absolute atomic E-state index is 0.128. The van der Waals surface area contributed by atoms with Crippen LogP contribution in [0, 0.1) is 22.7 Å². The number of hydrogen-bond acceptors (Lipinski definition) is 5. The summed E-state index contributed by atoms with van der Waals surface area (Å²) in [6, 6.07) is 7.68. The molecule has 0 spiro atoms. The van der Waals surface area contributed by atoms with Crippen molar-refractivity contribution >= 4 is 28.8 Å². The molecule has 0 saturated carbocycles. The highest BCUT2D eigenvalue weighted by Crippen LogP contribution is 2.33. The number of rotatable bonds is 1. The number of nitriles is 2. The maximum Gasteiger partial charge on any atom is 0.160 e. The molecule has 0 fully saturated rings. The van der Waals surface area contributed by atoms with Gasteiger partial charge in [0.05, 0.1) is 10.6 Å². The number of nitrogens with one attached hydrogen (secondary N) is 1. The first-order valence-corrected chi connectivity index (χ1v) is 5.83. The average molecular weight is 231 g/mol. The standard InChI is InChI=1S/C10H5N3S2/c11-4-7(5-12)10-13-8(6-15-10)9-2-1-3-14-9/h1-3,6,13H. The van der Waals surface area contributed by atoms with Crippen molar-refractivity contribution in [3.8, 4) is 12.1 Å². The van der Waals surface area contributed by atoms with Gasteiger partial charge >= 0.3 is 0 Å². The van der Waals surface area contributed by atoms with E-state index < -0.39 is 0 Å². The van der Waals surface area contributed by atoms with Gasteiger partial charge in [-0.15, -0.1) is 11.3 Å². The first-order valence-electron chi connectivity index (χ1n) is 4.07. The number of nitrogens with zero attached hydrogens (tertiary/aromatic N) is 2. The van der Waals surface area contributed by atoms with Gasteiger partial charge in [0.25, 0.3) is 0 Å². The van der Waals surface area contributed by atoms with Crippen LogP contribution in [0.5, 0.6) is 0 Å². The summed E-state index contributed by atoms with van der Waals surface area (Å²) < 4.78 is 0. The van der Waals surface area contributed by atoms with Crippen LogP contribution in [-0.4, -0.2) is 0 Å². The van der Waals surface area contributed by atoms with Crippen molar-refractivity contribution in [2.75, 3.05) is 0 Å². The summed E-state index contributed by atoms with van der Waals surface area (Å²) in [6.45, 7) is 0. The van der Waals surface area contributed by atoms with Crippen molar-refractivity contribution in [2.24, 2.45) is 0 Å². The molecule has 0 unspecified atom stereocenters. The monoisotopic (exact) mass is 231 g/mol. The third-order valence-electron chi connectivity index (χ3n) is 1.78. The molecule has 0 aliphatic carbocycles. The molecule has 0 bridgehead atoms. The Balaban J connectivity index is 2.24. The summed E-state index contributed by atoms with van der Waals surface area (Å²) in [5.41, 5.74) is 1.08. The first kappa shape index (κ1) is 9.85. The van der Waals surface area contributed by atoms with Crippen LogP contribution < -0.4 is 5.32 Å². The van der Waals surface area contributed by atoms with E-state index >= 15 is 0 Å². The van der Waals surface area contributed by atoms with Gasteiger partial charge in [0.2, 0.25) is 0 Å². The molecule has 1 aliphatic rings. The van der Waals surface area contributed by atoms with E-state index in [-0.39, 0.29) is 5.57 Å². The number of allylic oxidation sites excluding steroid dienone is 1. The van der Waals surface area contributed by atoms with E-state index in [4.69, 9.17) is 10.5 Å². The molecule has 72 valence electrons. The second kappa shape index (κ2) is 4.22. The van der Waals surface area contributed by atoms with Gasteiger partial charge in [-0.1, -0.05) is 17.8 Å². The van der Waals surface area contributed by atoms with Crippen molar-refractivity contribution < 1.29 is 0 Å². The summed E-state index contributed by atoms with van der Waals surface area (Å²) in [7, 11) is 0. The zero-order valence-electron chi connectivity index (χ0n) is 7.52. The lowest BCUT2D eigenvalue weighted by atomic mass is 10.3. The van der Waals surface area contributed by atoms with Gasteiger partial charge in [-0.3, -0.25) is 0 Å². The van der Waals surface area contributed by atoms with Gasteiger partial charge < -0.3 is 5.32 Å². The van der Waals surface area contributed by atoms with E-state index in [1.54, 1.807) is 11.3 Å². The third kappa shape index (κ3) is 1.89. The molecule has 0 radical (unpaired) electrons. The van der Waals surface area contributed by atoms with Gasteiger partial charge in [0.15, 0.2) is 5.57 Å². The van der Waals surface area contributed by atoms with Gasteiger partial charge in [-0.05, 0) is 11.4 Å². The van der Waals surface area contributed by atoms with E-state index in [1.807, 2.05) is 35.1 Å². The Morgan fingerprint density at radius 2 is 2.13 bits per heavy atom. The second-order valence-electron chi connectivity index (χ2n) is 2.68. The topological polar surface area (TPSA) is 59.6 Å². The van der Waals surface area contributed by atoms with Crippen LogP contribution in [0.4, 0.5) is 0 Å². The van der Waals surface area contributed by atoms with Crippen LogP contribution in [0.25, 0.3) is 5.70 Å². The molecular weight excluding hydrogens is 226 g/mol. The van der Waals surface area contributed by atoms with Crippen LogP contribution in [0.1, 0.15) is 4.88 Å². The zero-order valence-corrected chi connectivity index (χ0v) is 9.15. The lowest BCUT2D eigenvalue weighted by Crippen LogP contribution is -2.04. The number of thiophene rings is 1. The largest absolute Gasteiger partial charge is 0.347 e. The average Bonchev–Trinajstić information content (AvgIpc) is 2.89. The predicted octanol–water partition coefficient (Wildman–Crippen LogP) is 2.64. The highest BCUT2D eigenvalue weighted by molar-refractivity contribution is 8.06. The molecule has 0 atom stereocenters. The molecule has 2 heterocycles. The molecule has 0 aromatic carbocycles. The Morgan fingerprint density at radius 3 is 2.73 bits per heavy atom. The third-order valence-corrected chi connectivity index (χ3v) is 3.58. The Kier molecular flexibility index (Phi) is 2.77. The van der Waals surface area contributed by atoms with Crippen LogP contribution in [0.3, 0.4) is 0 Å². The maximum atomic E-state index is 8.70. The SMILES string of the molecule is N#CC(C#N)=C1NC(c2cccs2)=CS1. The highest BCUT2D eigenvalue weighted by Gasteiger charge is 2.16. The fourth-order valence-electron chi connectivity index (χ4n) is 1.10. The molecule has 0 saturated heterocycles. The molecule has 3 nitrogen and oxygen atoms in total. The molecule has 1 aromatic rings. The minimum atomic E-state index is 0.128. The van der Waals surface area contributed by atoms with Crippen LogP contribution in [0.2, 0.25) is 0 Å². The molecule has 2 rings (SSSR count). The molecule has 1 aromatic heterocycles. The van der Waals surface area contributed by atoms with E-state index in [0.717, 1.165) is 10.6 Å². The Hall–Kier alpha value is -1.69. The molecule has 1 N–H and O–H groups in total. The highest BCUT2D eigenvalue weighted by atomic mass is 32.2. The van der Waals surface area contributed by atoms with Crippen LogP contribution in [-0.2, 0) is 0 Å².